The van der Waals surface area contributed by atoms with Gasteiger partial charge in [-0.3, -0.25) is 4.98 Å². The zero-order chi connectivity index (χ0) is 15.5. The molecular formula is C17H14N2O3. The van der Waals surface area contributed by atoms with Crippen molar-refractivity contribution >= 4 is 28.2 Å². The number of hydrogen-bond acceptors (Lipinski definition) is 4. The second-order valence-corrected chi connectivity index (χ2v) is 4.73. The van der Waals surface area contributed by atoms with E-state index in [0.29, 0.717) is 17.1 Å². The number of carboxylic acids is 1. The molecule has 1 aromatic heterocycles. The number of aromatic carboxylic acids is 1. The minimum absolute atomic E-state index is 0.203. The van der Waals surface area contributed by atoms with Gasteiger partial charge in [-0.05, 0) is 24.3 Å². The van der Waals surface area contributed by atoms with E-state index in [2.05, 4.69) is 10.3 Å². The van der Waals surface area contributed by atoms with Gasteiger partial charge in [-0.25, -0.2) is 4.79 Å². The SMILES string of the molecule is COc1cc(Nc2ccccc2C(=O)O)c2ncccc2c1. The van der Waals surface area contributed by atoms with Crippen molar-refractivity contribution in [2.45, 2.75) is 0 Å². The van der Waals surface area contributed by atoms with E-state index < -0.39 is 5.97 Å². The summed E-state index contributed by atoms with van der Waals surface area (Å²) in [4.78, 5) is 15.7. The molecule has 0 atom stereocenters. The van der Waals surface area contributed by atoms with Crippen molar-refractivity contribution in [2.24, 2.45) is 0 Å². The van der Waals surface area contributed by atoms with Gasteiger partial charge in [-0.1, -0.05) is 18.2 Å². The van der Waals surface area contributed by atoms with Crippen molar-refractivity contribution in [1.29, 1.82) is 0 Å². The summed E-state index contributed by atoms with van der Waals surface area (Å²) in [6.45, 7) is 0. The van der Waals surface area contributed by atoms with E-state index in [0.717, 1.165) is 10.9 Å². The summed E-state index contributed by atoms with van der Waals surface area (Å²) in [5.74, 6) is -0.306. The summed E-state index contributed by atoms with van der Waals surface area (Å²) in [6.07, 6.45) is 1.70. The number of hydrogen-bond donors (Lipinski definition) is 2. The number of fused-ring (bicyclic) bond motifs is 1. The molecule has 1 heterocycles. The number of nitrogens with zero attached hydrogens (tertiary/aromatic N) is 1. The van der Waals surface area contributed by atoms with Gasteiger partial charge in [0.25, 0.3) is 0 Å². The zero-order valence-corrected chi connectivity index (χ0v) is 11.9. The predicted octanol–water partition coefficient (Wildman–Crippen LogP) is 3.69. The van der Waals surface area contributed by atoms with E-state index in [1.807, 2.05) is 18.2 Å². The second-order valence-electron chi connectivity index (χ2n) is 4.73. The highest BCUT2D eigenvalue weighted by Gasteiger charge is 2.12. The van der Waals surface area contributed by atoms with Gasteiger partial charge in [-0.2, -0.15) is 0 Å². The molecule has 2 N–H and O–H groups in total. The van der Waals surface area contributed by atoms with Crippen LogP contribution in [-0.2, 0) is 0 Å². The average molecular weight is 294 g/mol. The summed E-state index contributed by atoms with van der Waals surface area (Å²) in [5.41, 5.74) is 2.16. The molecule has 5 heteroatoms. The maximum absolute atomic E-state index is 11.3. The van der Waals surface area contributed by atoms with Crippen LogP contribution in [0.15, 0.2) is 54.7 Å². The van der Waals surface area contributed by atoms with Crippen LogP contribution in [0.25, 0.3) is 10.9 Å². The summed E-state index contributed by atoms with van der Waals surface area (Å²) >= 11 is 0. The number of carboxylic acid groups (broad SMARTS) is 1. The molecule has 0 saturated carbocycles. The van der Waals surface area contributed by atoms with Crippen LogP contribution in [0.2, 0.25) is 0 Å². The zero-order valence-electron chi connectivity index (χ0n) is 11.9. The van der Waals surface area contributed by atoms with Crippen LogP contribution in [0.1, 0.15) is 10.4 Å². The Labute approximate surface area is 127 Å². The van der Waals surface area contributed by atoms with Crippen LogP contribution in [0.3, 0.4) is 0 Å². The third-order valence-corrected chi connectivity index (χ3v) is 3.34. The number of benzene rings is 2. The van der Waals surface area contributed by atoms with Crippen molar-refractivity contribution in [1.82, 2.24) is 4.98 Å². The number of ether oxygens (including phenoxy) is 1. The molecule has 2 aromatic carbocycles. The first-order valence-electron chi connectivity index (χ1n) is 6.71. The fourth-order valence-electron chi connectivity index (χ4n) is 2.30. The number of carbonyl (C=O) groups is 1. The largest absolute Gasteiger partial charge is 0.497 e. The third-order valence-electron chi connectivity index (χ3n) is 3.34. The number of para-hydroxylation sites is 1. The smallest absolute Gasteiger partial charge is 0.337 e. The molecule has 3 rings (SSSR count). The minimum atomic E-state index is -0.983. The van der Waals surface area contributed by atoms with E-state index in [-0.39, 0.29) is 5.56 Å². The Morgan fingerprint density at radius 2 is 1.95 bits per heavy atom. The Balaban J connectivity index is 2.13. The van der Waals surface area contributed by atoms with Gasteiger partial charge in [0, 0.05) is 17.6 Å². The quantitative estimate of drug-likeness (QED) is 0.768. The van der Waals surface area contributed by atoms with Crippen molar-refractivity contribution in [3.05, 3.63) is 60.3 Å². The molecule has 0 aliphatic carbocycles. The number of pyridine rings is 1. The van der Waals surface area contributed by atoms with E-state index in [4.69, 9.17) is 4.74 Å². The summed E-state index contributed by atoms with van der Waals surface area (Å²) in [5, 5.41) is 13.3. The van der Waals surface area contributed by atoms with Crippen molar-refractivity contribution in [3.63, 3.8) is 0 Å². The third kappa shape index (κ3) is 2.56. The molecule has 110 valence electrons. The molecule has 0 spiro atoms. The molecule has 5 nitrogen and oxygen atoms in total. The average Bonchev–Trinajstić information content (AvgIpc) is 2.55. The number of nitrogens with one attached hydrogen (secondary N) is 1. The first-order chi connectivity index (χ1) is 10.7. The van der Waals surface area contributed by atoms with E-state index in [1.54, 1.807) is 43.6 Å². The molecule has 0 aliphatic rings. The lowest BCUT2D eigenvalue weighted by Crippen LogP contribution is -2.03. The molecule has 0 saturated heterocycles. The number of methoxy groups -OCH3 is 1. The highest BCUT2D eigenvalue weighted by atomic mass is 16.5. The molecule has 0 unspecified atom stereocenters. The van der Waals surface area contributed by atoms with Gasteiger partial charge in [-0.15, -0.1) is 0 Å². The van der Waals surface area contributed by atoms with Crippen LogP contribution in [0.4, 0.5) is 11.4 Å². The first-order valence-corrected chi connectivity index (χ1v) is 6.71. The molecule has 0 amide bonds. The van der Waals surface area contributed by atoms with Crippen LogP contribution in [0, 0.1) is 0 Å². The van der Waals surface area contributed by atoms with Gasteiger partial charge in [0.1, 0.15) is 5.75 Å². The molecule has 3 aromatic rings. The van der Waals surface area contributed by atoms with Crippen LogP contribution >= 0.6 is 0 Å². The first kappa shape index (κ1) is 13.9. The number of aromatic nitrogens is 1. The van der Waals surface area contributed by atoms with Crippen molar-refractivity contribution < 1.29 is 14.6 Å². The summed E-state index contributed by atoms with van der Waals surface area (Å²) in [7, 11) is 1.59. The molecule has 22 heavy (non-hydrogen) atoms. The minimum Gasteiger partial charge on any atom is -0.497 e. The van der Waals surface area contributed by atoms with E-state index in [9.17, 15) is 9.90 Å². The van der Waals surface area contributed by atoms with E-state index >= 15 is 0 Å². The predicted molar refractivity (Wildman–Crippen MR) is 85.0 cm³/mol. The maximum atomic E-state index is 11.3. The van der Waals surface area contributed by atoms with E-state index in [1.165, 1.54) is 0 Å². The lowest BCUT2D eigenvalue weighted by molar-refractivity contribution is 0.0698. The lowest BCUT2D eigenvalue weighted by atomic mass is 10.1. The fraction of sp³-hybridized carbons (Fsp3) is 0.0588. The fourth-order valence-corrected chi connectivity index (χ4v) is 2.30. The Morgan fingerprint density at radius 3 is 2.73 bits per heavy atom. The maximum Gasteiger partial charge on any atom is 0.337 e. The molecule has 0 aliphatic heterocycles. The standard InChI is InChI=1S/C17H14N2O3/c1-22-12-9-11-5-4-8-18-16(11)15(10-12)19-14-7-3-2-6-13(14)17(20)21/h2-10,19H,1H3,(H,20,21). The highest BCUT2D eigenvalue weighted by Crippen LogP contribution is 2.31. The van der Waals surface area contributed by atoms with Gasteiger partial charge >= 0.3 is 5.97 Å². The molecule has 0 bridgehead atoms. The summed E-state index contributed by atoms with van der Waals surface area (Å²) in [6, 6.07) is 14.2. The normalized spacial score (nSPS) is 10.4. The Hall–Kier alpha value is -3.08. The van der Waals surface area contributed by atoms with Crippen molar-refractivity contribution in [2.75, 3.05) is 12.4 Å². The second kappa shape index (κ2) is 5.73. The van der Waals surface area contributed by atoms with Crippen molar-refractivity contribution in [3.8, 4) is 5.75 Å². The molecule has 0 fully saturated rings. The van der Waals surface area contributed by atoms with Gasteiger partial charge in [0.2, 0.25) is 0 Å². The topological polar surface area (TPSA) is 71.5 Å². The van der Waals surface area contributed by atoms with Crippen LogP contribution < -0.4 is 10.1 Å². The highest BCUT2D eigenvalue weighted by molar-refractivity contribution is 5.98. The van der Waals surface area contributed by atoms with Gasteiger partial charge < -0.3 is 15.2 Å². The summed E-state index contributed by atoms with van der Waals surface area (Å²) < 4.78 is 5.29. The van der Waals surface area contributed by atoms with Gasteiger partial charge in [0.05, 0.1) is 29.6 Å². The Kier molecular flexibility index (Phi) is 3.62. The molecule has 0 radical (unpaired) electrons. The molecular weight excluding hydrogens is 280 g/mol. The monoisotopic (exact) mass is 294 g/mol. The lowest BCUT2D eigenvalue weighted by Gasteiger charge is -2.13. The van der Waals surface area contributed by atoms with Gasteiger partial charge in [0.15, 0.2) is 0 Å². The number of anilines is 2. The number of rotatable bonds is 4. The Bertz CT molecular complexity index is 846. The Morgan fingerprint density at radius 1 is 1.14 bits per heavy atom. The van der Waals surface area contributed by atoms with Crippen LogP contribution in [0.5, 0.6) is 5.75 Å². The van der Waals surface area contributed by atoms with Crippen LogP contribution in [-0.4, -0.2) is 23.2 Å².